The third-order valence-corrected chi connectivity index (χ3v) is 6.20. The summed E-state index contributed by atoms with van der Waals surface area (Å²) in [7, 11) is 0. The van der Waals surface area contributed by atoms with Gasteiger partial charge in [0.25, 0.3) is 0 Å². The molecule has 2 aromatic rings. The molecule has 1 N–H and O–H groups in total. The number of thiazole rings is 1. The number of unbranched alkanes of at least 4 members (excludes halogenated alkanes) is 2. The fraction of sp³-hybridized carbons (Fsp3) is 0.619. The van der Waals surface area contributed by atoms with E-state index in [0.29, 0.717) is 6.54 Å². The van der Waals surface area contributed by atoms with E-state index in [9.17, 15) is 4.79 Å². The largest absolute Gasteiger partial charge is 0.353 e. The van der Waals surface area contributed by atoms with Crippen LogP contribution in [0.4, 0.5) is 0 Å². The minimum Gasteiger partial charge on any atom is -0.353 e. The molecule has 1 aliphatic heterocycles. The molecule has 1 saturated heterocycles. The summed E-state index contributed by atoms with van der Waals surface area (Å²) in [5, 5.41) is 4.33. The van der Waals surface area contributed by atoms with Crippen molar-refractivity contribution < 1.29 is 4.79 Å². The molecule has 1 atom stereocenters. The molecular weight excluding hydrogens is 356 g/mol. The molecule has 1 amide bonds. The van der Waals surface area contributed by atoms with E-state index >= 15 is 0 Å². The Morgan fingerprint density at radius 2 is 1.93 bits per heavy atom. The van der Waals surface area contributed by atoms with Crippen molar-refractivity contribution in [1.82, 2.24) is 20.1 Å². The highest BCUT2D eigenvalue weighted by atomic mass is 32.1. The summed E-state index contributed by atoms with van der Waals surface area (Å²) < 4.78 is 1.26. The van der Waals surface area contributed by atoms with Gasteiger partial charge in [0.15, 0.2) is 0 Å². The molecule has 0 saturated carbocycles. The SMILES string of the molecule is CCCCC[C@@H](C)NC(=O)CN1CCN(Cc2nc3ccccc3s2)CC1. The topological polar surface area (TPSA) is 48.5 Å². The maximum atomic E-state index is 12.3. The molecule has 0 spiro atoms. The number of hydrogen-bond donors (Lipinski definition) is 1. The van der Waals surface area contributed by atoms with E-state index in [1.807, 2.05) is 6.07 Å². The summed E-state index contributed by atoms with van der Waals surface area (Å²) in [5.74, 6) is 0.165. The van der Waals surface area contributed by atoms with Crippen LogP contribution in [0.1, 0.15) is 44.5 Å². The molecule has 1 aromatic carbocycles. The van der Waals surface area contributed by atoms with Crippen LogP contribution in [-0.2, 0) is 11.3 Å². The van der Waals surface area contributed by atoms with Crippen molar-refractivity contribution in [3.63, 3.8) is 0 Å². The van der Waals surface area contributed by atoms with E-state index in [1.54, 1.807) is 11.3 Å². The van der Waals surface area contributed by atoms with Crippen molar-refractivity contribution in [2.24, 2.45) is 0 Å². The number of carbonyl (C=O) groups excluding carboxylic acids is 1. The summed E-state index contributed by atoms with van der Waals surface area (Å²) in [4.78, 5) is 21.7. The molecule has 6 heteroatoms. The number of piperazine rings is 1. The van der Waals surface area contributed by atoms with Gasteiger partial charge in [-0.3, -0.25) is 14.6 Å². The smallest absolute Gasteiger partial charge is 0.234 e. The molecule has 148 valence electrons. The molecule has 27 heavy (non-hydrogen) atoms. The second-order valence-electron chi connectivity index (χ2n) is 7.59. The van der Waals surface area contributed by atoms with Crippen LogP contribution >= 0.6 is 11.3 Å². The highest BCUT2D eigenvalue weighted by Crippen LogP contribution is 2.22. The molecule has 1 fully saturated rings. The highest BCUT2D eigenvalue weighted by molar-refractivity contribution is 7.18. The molecule has 3 rings (SSSR count). The van der Waals surface area contributed by atoms with Crippen molar-refractivity contribution in [3.05, 3.63) is 29.3 Å². The molecule has 5 nitrogen and oxygen atoms in total. The van der Waals surface area contributed by atoms with Gasteiger partial charge in [0.05, 0.1) is 23.3 Å². The number of amides is 1. The van der Waals surface area contributed by atoms with Gasteiger partial charge in [0.2, 0.25) is 5.91 Å². The van der Waals surface area contributed by atoms with Gasteiger partial charge in [-0.25, -0.2) is 4.98 Å². The van der Waals surface area contributed by atoms with Gasteiger partial charge in [0.1, 0.15) is 5.01 Å². The standard InChI is InChI=1S/C21H32N4OS/c1-3-4-5-8-17(2)22-20(26)15-24-11-13-25(14-12-24)16-21-23-18-9-6-7-10-19(18)27-21/h6-7,9-10,17H,3-5,8,11-16H2,1-2H3,(H,22,26)/t17-/m1/s1. The van der Waals surface area contributed by atoms with Crippen LogP contribution < -0.4 is 5.32 Å². The van der Waals surface area contributed by atoms with Gasteiger partial charge in [-0.2, -0.15) is 0 Å². The zero-order valence-electron chi connectivity index (χ0n) is 16.6. The molecule has 0 aliphatic carbocycles. The number of rotatable bonds is 9. The third-order valence-electron chi connectivity index (χ3n) is 5.18. The van der Waals surface area contributed by atoms with Crippen LogP contribution in [0.25, 0.3) is 10.2 Å². The lowest BCUT2D eigenvalue weighted by Gasteiger charge is -2.34. The van der Waals surface area contributed by atoms with E-state index in [0.717, 1.165) is 44.7 Å². The van der Waals surface area contributed by atoms with E-state index in [4.69, 9.17) is 4.98 Å². The van der Waals surface area contributed by atoms with Crippen LogP contribution in [0.5, 0.6) is 0 Å². The molecule has 0 unspecified atom stereocenters. The van der Waals surface area contributed by atoms with Gasteiger partial charge in [0, 0.05) is 32.2 Å². The predicted octanol–water partition coefficient (Wildman–Crippen LogP) is 3.50. The van der Waals surface area contributed by atoms with Gasteiger partial charge >= 0.3 is 0 Å². The fourth-order valence-electron chi connectivity index (χ4n) is 3.58. The zero-order valence-corrected chi connectivity index (χ0v) is 17.4. The Morgan fingerprint density at radius 3 is 2.67 bits per heavy atom. The van der Waals surface area contributed by atoms with Crippen LogP contribution in [0.15, 0.2) is 24.3 Å². The van der Waals surface area contributed by atoms with Gasteiger partial charge in [-0.1, -0.05) is 38.3 Å². The minimum atomic E-state index is 0.165. The number of fused-ring (bicyclic) bond motifs is 1. The number of hydrogen-bond acceptors (Lipinski definition) is 5. The van der Waals surface area contributed by atoms with E-state index in [2.05, 4.69) is 47.2 Å². The Hall–Kier alpha value is -1.50. The lowest BCUT2D eigenvalue weighted by molar-refractivity contribution is -0.123. The Morgan fingerprint density at radius 1 is 1.19 bits per heavy atom. The van der Waals surface area contributed by atoms with Gasteiger partial charge in [-0.05, 0) is 25.5 Å². The van der Waals surface area contributed by atoms with Crippen LogP contribution in [0.3, 0.4) is 0 Å². The monoisotopic (exact) mass is 388 g/mol. The van der Waals surface area contributed by atoms with Crippen molar-refractivity contribution in [2.75, 3.05) is 32.7 Å². The number of nitrogens with zero attached hydrogens (tertiary/aromatic N) is 3. The Labute approximate surface area is 166 Å². The van der Waals surface area contributed by atoms with Crippen molar-refractivity contribution in [2.45, 2.75) is 52.1 Å². The highest BCUT2D eigenvalue weighted by Gasteiger charge is 2.20. The quantitative estimate of drug-likeness (QED) is 0.668. The fourth-order valence-corrected chi connectivity index (χ4v) is 4.59. The normalized spacial score (nSPS) is 17.3. The van der Waals surface area contributed by atoms with E-state index < -0.39 is 0 Å². The molecule has 2 heterocycles. The number of nitrogens with one attached hydrogen (secondary N) is 1. The van der Waals surface area contributed by atoms with Crippen molar-refractivity contribution in [1.29, 1.82) is 0 Å². The van der Waals surface area contributed by atoms with Crippen LogP contribution in [-0.4, -0.2) is 59.5 Å². The average molecular weight is 389 g/mol. The zero-order chi connectivity index (χ0) is 19.1. The van der Waals surface area contributed by atoms with Crippen LogP contribution in [0.2, 0.25) is 0 Å². The number of benzene rings is 1. The van der Waals surface area contributed by atoms with E-state index in [-0.39, 0.29) is 11.9 Å². The summed E-state index contributed by atoms with van der Waals surface area (Å²) >= 11 is 1.79. The molecule has 0 bridgehead atoms. The summed E-state index contributed by atoms with van der Waals surface area (Å²) in [6, 6.07) is 8.61. The second kappa shape index (κ2) is 10.2. The van der Waals surface area contributed by atoms with Gasteiger partial charge < -0.3 is 5.32 Å². The number of aromatic nitrogens is 1. The van der Waals surface area contributed by atoms with Crippen molar-refractivity contribution >= 4 is 27.5 Å². The van der Waals surface area contributed by atoms with Gasteiger partial charge in [-0.15, -0.1) is 11.3 Å². The first-order valence-corrected chi connectivity index (χ1v) is 11.0. The maximum absolute atomic E-state index is 12.3. The maximum Gasteiger partial charge on any atom is 0.234 e. The first kappa shape index (κ1) is 20.2. The average Bonchev–Trinajstić information content (AvgIpc) is 3.05. The first-order chi connectivity index (χ1) is 13.1. The number of para-hydroxylation sites is 1. The molecule has 0 radical (unpaired) electrons. The lowest BCUT2D eigenvalue weighted by atomic mass is 10.1. The summed E-state index contributed by atoms with van der Waals surface area (Å²) in [6.07, 6.45) is 4.75. The van der Waals surface area contributed by atoms with Crippen LogP contribution in [0, 0.1) is 0 Å². The molecule has 1 aliphatic rings. The van der Waals surface area contributed by atoms with E-state index in [1.165, 1.54) is 29.0 Å². The Kier molecular flexibility index (Phi) is 7.61. The Bertz CT molecular complexity index is 691. The van der Waals surface area contributed by atoms with Crippen molar-refractivity contribution in [3.8, 4) is 0 Å². The predicted molar refractivity (Wildman–Crippen MR) is 113 cm³/mol. The summed E-state index contributed by atoms with van der Waals surface area (Å²) in [5.41, 5.74) is 1.10. The molecular formula is C21H32N4OS. The minimum absolute atomic E-state index is 0.165. The Balaban J connectivity index is 1.37. The lowest BCUT2D eigenvalue weighted by Crippen LogP contribution is -2.49. The summed E-state index contributed by atoms with van der Waals surface area (Å²) in [6.45, 7) is 9.64. The second-order valence-corrected chi connectivity index (χ2v) is 8.71. The number of carbonyl (C=O) groups is 1. The first-order valence-electron chi connectivity index (χ1n) is 10.2. The third kappa shape index (κ3) is 6.26. The molecule has 1 aromatic heterocycles.